The summed E-state index contributed by atoms with van der Waals surface area (Å²) in [6.07, 6.45) is 0.769. The van der Waals surface area contributed by atoms with Crippen molar-refractivity contribution >= 4 is 28.8 Å². The standard InChI is InChI=1S/C11H16ClNOS/c1-8-4-7-15-9(8)10(14)13-11(2,3)5-6-12/h4,7H,5-6H2,1-3H3,(H,13,14). The first-order valence-electron chi connectivity index (χ1n) is 4.89. The molecule has 4 heteroatoms. The summed E-state index contributed by atoms with van der Waals surface area (Å²) in [6, 6.07) is 1.95. The molecule has 0 aliphatic rings. The predicted octanol–water partition coefficient (Wildman–Crippen LogP) is 3.19. The molecule has 0 bridgehead atoms. The van der Waals surface area contributed by atoms with Crippen molar-refractivity contribution in [1.82, 2.24) is 5.32 Å². The molecular formula is C11H16ClNOS. The largest absolute Gasteiger partial charge is 0.346 e. The third-order valence-electron chi connectivity index (χ3n) is 2.24. The van der Waals surface area contributed by atoms with Crippen LogP contribution in [0.4, 0.5) is 0 Å². The van der Waals surface area contributed by atoms with Gasteiger partial charge in [0, 0.05) is 11.4 Å². The van der Waals surface area contributed by atoms with Gasteiger partial charge in [0.2, 0.25) is 0 Å². The van der Waals surface area contributed by atoms with Gasteiger partial charge in [0.25, 0.3) is 5.91 Å². The van der Waals surface area contributed by atoms with Gasteiger partial charge in [-0.15, -0.1) is 22.9 Å². The Balaban J connectivity index is 2.68. The van der Waals surface area contributed by atoms with Crippen LogP contribution in [0, 0.1) is 6.92 Å². The van der Waals surface area contributed by atoms with Crippen LogP contribution in [0.25, 0.3) is 0 Å². The molecule has 0 saturated carbocycles. The third kappa shape index (κ3) is 3.50. The first-order valence-corrected chi connectivity index (χ1v) is 6.30. The number of carbonyl (C=O) groups excluding carboxylic acids is 1. The van der Waals surface area contributed by atoms with E-state index in [2.05, 4.69) is 5.32 Å². The van der Waals surface area contributed by atoms with Gasteiger partial charge < -0.3 is 5.32 Å². The Bertz CT molecular complexity index is 346. The summed E-state index contributed by atoms with van der Waals surface area (Å²) in [4.78, 5) is 12.7. The van der Waals surface area contributed by atoms with Gasteiger partial charge >= 0.3 is 0 Å². The number of hydrogen-bond acceptors (Lipinski definition) is 2. The average molecular weight is 246 g/mol. The molecule has 1 heterocycles. The number of halogens is 1. The number of aryl methyl sites for hydroxylation is 1. The fourth-order valence-electron chi connectivity index (χ4n) is 1.27. The van der Waals surface area contributed by atoms with E-state index in [0.717, 1.165) is 16.9 Å². The smallest absolute Gasteiger partial charge is 0.262 e. The second kappa shape index (κ2) is 4.99. The molecule has 0 aliphatic carbocycles. The summed E-state index contributed by atoms with van der Waals surface area (Å²) in [5, 5.41) is 4.92. The van der Waals surface area contributed by atoms with Crippen LogP contribution in [0.3, 0.4) is 0 Å². The summed E-state index contributed by atoms with van der Waals surface area (Å²) in [6.45, 7) is 5.91. The van der Waals surface area contributed by atoms with Gasteiger partial charge in [-0.1, -0.05) is 0 Å². The van der Waals surface area contributed by atoms with Gasteiger partial charge in [0.05, 0.1) is 4.88 Å². The minimum absolute atomic E-state index is 0.00221. The maximum atomic E-state index is 11.9. The van der Waals surface area contributed by atoms with E-state index >= 15 is 0 Å². The first kappa shape index (κ1) is 12.5. The number of amides is 1. The Kier molecular flexibility index (Phi) is 4.17. The summed E-state index contributed by atoms with van der Waals surface area (Å²) in [5.74, 6) is 0.550. The number of rotatable bonds is 4. The third-order valence-corrected chi connectivity index (χ3v) is 3.44. The molecule has 0 aromatic carbocycles. The van der Waals surface area contributed by atoms with Crippen LogP contribution < -0.4 is 5.32 Å². The molecule has 15 heavy (non-hydrogen) atoms. The highest BCUT2D eigenvalue weighted by molar-refractivity contribution is 7.12. The molecule has 1 amide bonds. The molecule has 1 aromatic heterocycles. The summed E-state index contributed by atoms with van der Waals surface area (Å²) >= 11 is 7.15. The molecule has 2 nitrogen and oxygen atoms in total. The van der Waals surface area contributed by atoms with Gasteiger partial charge in [-0.05, 0) is 44.2 Å². The van der Waals surface area contributed by atoms with E-state index in [4.69, 9.17) is 11.6 Å². The lowest BCUT2D eigenvalue weighted by Crippen LogP contribution is -2.43. The van der Waals surface area contributed by atoms with Crippen molar-refractivity contribution in [2.45, 2.75) is 32.7 Å². The Morgan fingerprint density at radius 1 is 1.60 bits per heavy atom. The van der Waals surface area contributed by atoms with Crippen molar-refractivity contribution < 1.29 is 4.79 Å². The number of nitrogens with one attached hydrogen (secondary N) is 1. The molecular weight excluding hydrogens is 230 g/mol. The zero-order valence-corrected chi connectivity index (χ0v) is 10.8. The van der Waals surface area contributed by atoms with Crippen LogP contribution in [0.15, 0.2) is 11.4 Å². The Labute approximate surface area is 99.6 Å². The lowest BCUT2D eigenvalue weighted by Gasteiger charge is -2.25. The van der Waals surface area contributed by atoms with Gasteiger partial charge in [-0.25, -0.2) is 0 Å². The van der Waals surface area contributed by atoms with Gasteiger partial charge in [0.15, 0.2) is 0 Å². The molecule has 0 aliphatic heterocycles. The quantitative estimate of drug-likeness (QED) is 0.811. The highest BCUT2D eigenvalue weighted by Crippen LogP contribution is 2.17. The molecule has 0 fully saturated rings. The van der Waals surface area contributed by atoms with Crippen molar-refractivity contribution in [3.05, 3.63) is 21.9 Å². The normalized spacial score (nSPS) is 11.5. The SMILES string of the molecule is Cc1ccsc1C(=O)NC(C)(C)CCCl. The van der Waals surface area contributed by atoms with Crippen molar-refractivity contribution in [1.29, 1.82) is 0 Å². The predicted molar refractivity (Wildman–Crippen MR) is 65.9 cm³/mol. The molecule has 0 spiro atoms. The van der Waals surface area contributed by atoms with Crippen molar-refractivity contribution in [3.8, 4) is 0 Å². The molecule has 0 saturated heterocycles. The van der Waals surface area contributed by atoms with Crippen LogP contribution in [0.5, 0.6) is 0 Å². The van der Waals surface area contributed by atoms with Crippen LogP contribution in [0.2, 0.25) is 0 Å². The van der Waals surface area contributed by atoms with Crippen LogP contribution in [0.1, 0.15) is 35.5 Å². The lowest BCUT2D eigenvalue weighted by molar-refractivity contribution is 0.0915. The first-order chi connectivity index (χ1) is 6.96. The summed E-state index contributed by atoms with van der Waals surface area (Å²) in [7, 11) is 0. The Morgan fingerprint density at radius 2 is 2.27 bits per heavy atom. The van der Waals surface area contributed by atoms with Gasteiger partial charge in [0.1, 0.15) is 0 Å². The van der Waals surface area contributed by atoms with Gasteiger partial charge in [-0.3, -0.25) is 4.79 Å². The fourth-order valence-corrected chi connectivity index (χ4v) is 2.56. The molecule has 1 N–H and O–H groups in total. The fraction of sp³-hybridized carbons (Fsp3) is 0.545. The van der Waals surface area contributed by atoms with Crippen molar-refractivity contribution in [3.63, 3.8) is 0 Å². The topological polar surface area (TPSA) is 29.1 Å². The van der Waals surface area contributed by atoms with E-state index in [9.17, 15) is 4.79 Å². The average Bonchev–Trinajstić information content (AvgIpc) is 2.50. The van der Waals surface area contributed by atoms with Crippen LogP contribution >= 0.6 is 22.9 Å². The molecule has 0 atom stereocenters. The second-order valence-electron chi connectivity index (χ2n) is 4.21. The number of hydrogen-bond donors (Lipinski definition) is 1. The van der Waals surface area contributed by atoms with Crippen LogP contribution in [-0.4, -0.2) is 17.3 Å². The molecule has 84 valence electrons. The van der Waals surface area contributed by atoms with E-state index in [1.165, 1.54) is 11.3 Å². The van der Waals surface area contributed by atoms with E-state index in [1.807, 2.05) is 32.2 Å². The Morgan fingerprint density at radius 3 is 2.73 bits per heavy atom. The van der Waals surface area contributed by atoms with E-state index < -0.39 is 0 Å². The monoisotopic (exact) mass is 245 g/mol. The van der Waals surface area contributed by atoms with Crippen LogP contribution in [-0.2, 0) is 0 Å². The zero-order chi connectivity index (χ0) is 11.5. The van der Waals surface area contributed by atoms with Gasteiger partial charge in [-0.2, -0.15) is 0 Å². The maximum Gasteiger partial charge on any atom is 0.262 e. The molecule has 0 radical (unpaired) electrons. The highest BCUT2D eigenvalue weighted by Gasteiger charge is 2.21. The van der Waals surface area contributed by atoms with E-state index in [-0.39, 0.29) is 11.4 Å². The van der Waals surface area contributed by atoms with Crippen molar-refractivity contribution in [2.24, 2.45) is 0 Å². The van der Waals surface area contributed by atoms with E-state index in [0.29, 0.717) is 5.88 Å². The molecule has 1 aromatic rings. The zero-order valence-electron chi connectivity index (χ0n) is 9.26. The maximum absolute atomic E-state index is 11.9. The summed E-state index contributed by atoms with van der Waals surface area (Å²) < 4.78 is 0. The highest BCUT2D eigenvalue weighted by atomic mass is 35.5. The lowest BCUT2D eigenvalue weighted by atomic mass is 10.0. The minimum atomic E-state index is -0.241. The summed E-state index contributed by atoms with van der Waals surface area (Å²) in [5.41, 5.74) is 0.786. The number of carbonyl (C=O) groups is 1. The van der Waals surface area contributed by atoms with E-state index in [1.54, 1.807) is 0 Å². The van der Waals surface area contributed by atoms with Crippen molar-refractivity contribution in [2.75, 3.05) is 5.88 Å². The Hall–Kier alpha value is -0.540. The second-order valence-corrected chi connectivity index (χ2v) is 5.50. The number of thiophene rings is 1. The molecule has 0 unspecified atom stereocenters. The number of alkyl halides is 1. The molecule has 1 rings (SSSR count). The minimum Gasteiger partial charge on any atom is -0.346 e.